The van der Waals surface area contributed by atoms with Crippen LogP contribution in [-0.4, -0.2) is 28.3 Å². The number of nitrogens with two attached hydrogens (primary N) is 1. The maximum absolute atomic E-state index is 5.48. The lowest BCUT2D eigenvalue weighted by molar-refractivity contribution is 0.278. The summed E-state index contributed by atoms with van der Waals surface area (Å²) in [5.74, 6) is 1.13. The van der Waals surface area contributed by atoms with Gasteiger partial charge in [-0.05, 0) is 18.3 Å². The minimum absolute atomic E-state index is 0.393. The molecule has 5 heteroatoms. The molecule has 1 saturated heterocycles. The lowest BCUT2D eigenvalue weighted by Crippen LogP contribution is -2.37. The van der Waals surface area contributed by atoms with Gasteiger partial charge < -0.3 is 10.6 Å². The minimum Gasteiger partial charge on any atom is -0.368 e. The van der Waals surface area contributed by atoms with Gasteiger partial charge in [0, 0.05) is 13.1 Å². The van der Waals surface area contributed by atoms with Crippen LogP contribution in [-0.2, 0) is 0 Å². The number of nitrogens with zero attached hydrogens (tertiary/aromatic N) is 3. The third kappa shape index (κ3) is 1.81. The fraction of sp³-hybridized carbons (Fsp3) is 0.778. The predicted octanol–water partition coefficient (Wildman–Crippen LogP) is 1.01. The van der Waals surface area contributed by atoms with Crippen LogP contribution < -0.4 is 10.6 Å². The monoisotopic (exact) mass is 195 g/mol. The Morgan fingerprint density at radius 3 is 2.50 bits per heavy atom. The second kappa shape index (κ2) is 3.15. The van der Waals surface area contributed by atoms with Gasteiger partial charge in [-0.1, -0.05) is 13.8 Å². The summed E-state index contributed by atoms with van der Waals surface area (Å²) in [4.78, 5) is 6.30. The number of hydrogen-bond acceptors (Lipinski definition) is 4. The number of anilines is 2. The maximum Gasteiger partial charge on any atom is 0.246 e. The quantitative estimate of drug-likeness (QED) is 0.701. The molecule has 1 fully saturated rings. The molecular formula is C9H17N5. The molecule has 0 radical (unpaired) electrons. The number of aromatic nitrogens is 3. The molecule has 0 spiro atoms. The van der Waals surface area contributed by atoms with Gasteiger partial charge in [-0.15, -0.1) is 5.10 Å². The van der Waals surface area contributed by atoms with E-state index in [9.17, 15) is 0 Å². The van der Waals surface area contributed by atoms with Crippen molar-refractivity contribution in [3.63, 3.8) is 0 Å². The summed E-state index contributed by atoms with van der Waals surface area (Å²) in [5, 5.41) is 6.71. The summed E-state index contributed by atoms with van der Waals surface area (Å²) in [7, 11) is 0. The van der Waals surface area contributed by atoms with Gasteiger partial charge in [0.25, 0.3) is 0 Å². The van der Waals surface area contributed by atoms with E-state index in [4.69, 9.17) is 5.73 Å². The Hall–Kier alpha value is -1.26. The number of piperidine rings is 1. The van der Waals surface area contributed by atoms with Crippen molar-refractivity contribution in [1.82, 2.24) is 15.2 Å². The van der Waals surface area contributed by atoms with Crippen LogP contribution >= 0.6 is 0 Å². The van der Waals surface area contributed by atoms with Crippen LogP contribution in [0.5, 0.6) is 0 Å². The van der Waals surface area contributed by atoms with Crippen molar-refractivity contribution in [2.45, 2.75) is 26.7 Å². The van der Waals surface area contributed by atoms with E-state index < -0.39 is 0 Å². The molecule has 1 aliphatic heterocycles. The van der Waals surface area contributed by atoms with Gasteiger partial charge in [0.1, 0.15) is 0 Å². The first kappa shape index (κ1) is 9.30. The van der Waals surface area contributed by atoms with Crippen molar-refractivity contribution in [2.24, 2.45) is 5.41 Å². The average molecular weight is 195 g/mol. The van der Waals surface area contributed by atoms with Crippen molar-refractivity contribution >= 4 is 11.9 Å². The zero-order valence-electron chi connectivity index (χ0n) is 8.75. The Kier molecular flexibility index (Phi) is 2.09. The zero-order valence-corrected chi connectivity index (χ0v) is 8.75. The molecule has 14 heavy (non-hydrogen) atoms. The Morgan fingerprint density at radius 1 is 1.36 bits per heavy atom. The summed E-state index contributed by atoms with van der Waals surface area (Å²) in [6.07, 6.45) is 2.36. The molecule has 2 heterocycles. The predicted molar refractivity (Wildman–Crippen MR) is 56.0 cm³/mol. The molecule has 2 rings (SSSR count). The number of rotatable bonds is 1. The Morgan fingerprint density at radius 2 is 2.00 bits per heavy atom. The summed E-state index contributed by atoms with van der Waals surface area (Å²) in [6.45, 7) is 6.64. The second-order valence-corrected chi connectivity index (χ2v) is 4.67. The first-order chi connectivity index (χ1) is 6.57. The van der Waals surface area contributed by atoms with Crippen molar-refractivity contribution in [3.8, 4) is 0 Å². The van der Waals surface area contributed by atoms with E-state index in [1.165, 1.54) is 12.8 Å². The molecule has 0 unspecified atom stereocenters. The van der Waals surface area contributed by atoms with Crippen LogP contribution in [0.15, 0.2) is 0 Å². The van der Waals surface area contributed by atoms with Crippen LogP contribution in [0.2, 0.25) is 0 Å². The topological polar surface area (TPSA) is 70.8 Å². The van der Waals surface area contributed by atoms with E-state index in [1.807, 2.05) is 0 Å². The van der Waals surface area contributed by atoms with Crippen molar-refractivity contribution in [3.05, 3.63) is 0 Å². The molecule has 0 aromatic carbocycles. The molecule has 0 bridgehead atoms. The lowest BCUT2D eigenvalue weighted by Gasteiger charge is -2.36. The van der Waals surface area contributed by atoms with Gasteiger partial charge in [-0.3, -0.25) is 0 Å². The number of hydrogen-bond donors (Lipinski definition) is 2. The third-order valence-corrected chi connectivity index (χ3v) is 2.89. The molecule has 0 aliphatic carbocycles. The first-order valence-electron chi connectivity index (χ1n) is 5.00. The molecule has 5 nitrogen and oxygen atoms in total. The number of H-pyrrole nitrogens is 1. The highest BCUT2D eigenvalue weighted by molar-refractivity contribution is 5.34. The van der Waals surface area contributed by atoms with E-state index in [0.717, 1.165) is 19.0 Å². The van der Waals surface area contributed by atoms with Crippen LogP contribution in [0.3, 0.4) is 0 Å². The number of aromatic amines is 1. The van der Waals surface area contributed by atoms with Gasteiger partial charge in [0.15, 0.2) is 0 Å². The summed E-state index contributed by atoms with van der Waals surface area (Å²) < 4.78 is 0. The normalized spacial score (nSPS) is 21.1. The van der Waals surface area contributed by atoms with Crippen LogP contribution in [0.25, 0.3) is 0 Å². The summed E-state index contributed by atoms with van der Waals surface area (Å²) >= 11 is 0. The summed E-state index contributed by atoms with van der Waals surface area (Å²) in [5.41, 5.74) is 5.94. The fourth-order valence-electron chi connectivity index (χ4n) is 1.72. The van der Waals surface area contributed by atoms with Crippen LogP contribution in [0, 0.1) is 5.41 Å². The minimum atomic E-state index is 0.393. The Balaban J connectivity index is 2.02. The summed E-state index contributed by atoms with van der Waals surface area (Å²) in [6, 6.07) is 0. The van der Waals surface area contributed by atoms with Gasteiger partial charge >= 0.3 is 0 Å². The standard InChI is InChI=1S/C9H17N5/c1-9(2)3-5-14(6-4-9)8-11-7(10)12-13-8/h3-6H2,1-2H3,(H3,10,11,12,13). The van der Waals surface area contributed by atoms with Crippen LogP contribution in [0.1, 0.15) is 26.7 Å². The first-order valence-corrected chi connectivity index (χ1v) is 5.00. The molecule has 1 aromatic heterocycles. The van der Waals surface area contributed by atoms with Crippen LogP contribution in [0.4, 0.5) is 11.9 Å². The largest absolute Gasteiger partial charge is 0.368 e. The molecule has 0 atom stereocenters. The Bertz CT molecular complexity index is 307. The van der Waals surface area contributed by atoms with Gasteiger partial charge in [0.05, 0.1) is 0 Å². The Labute approximate surface area is 83.7 Å². The molecule has 1 aliphatic rings. The zero-order chi connectivity index (χ0) is 10.2. The van der Waals surface area contributed by atoms with Crippen molar-refractivity contribution < 1.29 is 0 Å². The lowest BCUT2D eigenvalue weighted by atomic mass is 9.83. The highest BCUT2D eigenvalue weighted by atomic mass is 15.4. The van der Waals surface area contributed by atoms with E-state index in [2.05, 4.69) is 33.9 Å². The number of nitrogen functional groups attached to an aromatic ring is 1. The maximum atomic E-state index is 5.48. The van der Waals surface area contributed by atoms with Gasteiger partial charge in [-0.25, -0.2) is 5.10 Å². The molecule has 0 amide bonds. The van der Waals surface area contributed by atoms with Gasteiger partial charge in [-0.2, -0.15) is 4.98 Å². The smallest absolute Gasteiger partial charge is 0.246 e. The highest BCUT2D eigenvalue weighted by Gasteiger charge is 2.26. The molecule has 1 aromatic rings. The van der Waals surface area contributed by atoms with Crippen molar-refractivity contribution in [1.29, 1.82) is 0 Å². The highest BCUT2D eigenvalue weighted by Crippen LogP contribution is 2.30. The molecule has 78 valence electrons. The molecule has 0 saturated carbocycles. The fourth-order valence-corrected chi connectivity index (χ4v) is 1.72. The van der Waals surface area contributed by atoms with E-state index in [1.54, 1.807) is 0 Å². The number of nitrogens with one attached hydrogen (secondary N) is 1. The van der Waals surface area contributed by atoms with E-state index in [-0.39, 0.29) is 0 Å². The average Bonchev–Trinajstić information content (AvgIpc) is 2.52. The van der Waals surface area contributed by atoms with Gasteiger partial charge in [0.2, 0.25) is 11.9 Å². The van der Waals surface area contributed by atoms with E-state index >= 15 is 0 Å². The molecule has 3 N–H and O–H groups in total. The SMILES string of the molecule is CC1(C)CCN(c2n[nH]c(N)n2)CC1. The second-order valence-electron chi connectivity index (χ2n) is 4.67. The third-order valence-electron chi connectivity index (χ3n) is 2.89. The van der Waals surface area contributed by atoms with Crippen molar-refractivity contribution in [2.75, 3.05) is 23.7 Å². The van der Waals surface area contributed by atoms with E-state index in [0.29, 0.717) is 11.4 Å². The molecular weight excluding hydrogens is 178 g/mol.